The van der Waals surface area contributed by atoms with E-state index in [9.17, 15) is 9.90 Å². The second-order valence-electron chi connectivity index (χ2n) is 6.82. The molecule has 0 saturated heterocycles. The molecule has 0 spiro atoms. The number of benzene rings is 2. The number of fused-ring (bicyclic) bond motifs is 1. The number of rotatable bonds is 8. The van der Waals surface area contributed by atoms with E-state index in [4.69, 9.17) is 9.47 Å². The van der Waals surface area contributed by atoms with Crippen LogP contribution < -0.4 is 14.4 Å². The van der Waals surface area contributed by atoms with Gasteiger partial charge in [0.2, 0.25) is 0 Å². The van der Waals surface area contributed by atoms with Gasteiger partial charge < -0.3 is 19.5 Å². The van der Waals surface area contributed by atoms with Gasteiger partial charge in [0.05, 0.1) is 20.4 Å². The second-order valence-corrected chi connectivity index (χ2v) is 6.82. The first-order valence-electron chi connectivity index (χ1n) is 9.52. The summed E-state index contributed by atoms with van der Waals surface area (Å²) in [6, 6.07) is 15.5. The number of carboxylic acid groups (broad SMARTS) is 1. The molecule has 2 aromatic heterocycles. The number of aromatic carboxylic acids is 1. The molecule has 0 aliphatic heterocycles. The minimum absolute atomic E-state index is 0.0208. The molecule has 0 aliphatic carbocycles. The average Bonchev–Trinajstić information content (AvgIpc) is 3.24. The smallest absolute Gasteiger partial charge is 0.356 e. The lowest BCUT2D eigenvalue weighted by molar-refractivity contribution is 0.0688. The lowest BCUT2D eigenvalue weighted by atomic mass is 10.1. The molecule has 4 aromatic rings. The van der Waals surface area contributed by atoms with Crippen molar-refractivity contribution in [3.63, 3.8) is 0 Å². The van der Waals surface area contributed by atoms with E-state index in [1.807, 2.05) is 53.4 Å². The summed E-state index contributed by atoms with van der Waals surface area (Å²) < 4.78 is 11.8. The third-order valence-corrected chi connectivity index (χ3v) is 4.87. The van der Waals surface area contributed by atoms with Crippen LogP contribution in [-0.2, 0) is 13.1 Å². The maximum absolute atomic E-state index is 11.5. The zero-order valence-corrected chi connectivity index (χ0v) is 17.1. The van der Waals surface area contributed by atoms with E-state index in [0.717, 1.165) is 22.6 Å². The molecule has 158 valence electrons. The van der Waals surface area contributed by atoms with Crippen molar-refractivity contribution in [2.24, 2.45) is 0 Å². The Balaban J connectivity index is 1.73. The molecular formula is C22H21N5O4. The van der Waals surface area contributed by atoms with Gasteiger partial charge in [0.15, 0.2) is 17.2 Å². The Morgan fingerprint density at radius 1 is 0.935 bits per heavy atom. The number of carbonyl (C=O) groups is 1. The van der Waals surface area contributed by atoms with Crippen molar-refractivity contribution in [2.75, 3.05) is 19.1 Å². The molecule has 0 unspecified atom stereocenters. The molecule has 2 heterocycles. The molecule has 0 aliphatic rings. The van der Waals surface area contributed by atoms with Gasteiger partial charge in [-0.05, 0) is 35.4 Å². The summed E-state index contributed by atoms with van der Waals surface area (Å²) in [6.07, 6.45) is 2.63. The van der Waals surface area contributed by atoms with Crippen molar-refractivity contribution in [1.29, 1.82) is 0 Å². The van der Waals surface area contributed by atoms with Crippen LogP contribution in [0, 0.1) is 0 Å². The highest BCUT2D eigenvalue weighted by atomic mass is 16.5. The van der Waals surface area contributed by atoms with Gasteiger partial charge in [-0.3, -0.25) is 0 Å². The molecule has 2 aromatic carbocycles. The molecule has 0 radical (unpaired) electrons. The van der Waals surface area contributed by atoms with Crippen molar-refractivity contribution >= 4 is 17.4 Å². The maximum Gasteiger partial charge on any atom is 0.356 e. The Hall–Kier alpha value is -4.14. The van der Waals surface area contributed by atoms with E-state index in [-0.39, 0.29) is 5.69 Å². The molecule has 0 amide bonds. The Kier molecular flexibility index (Phi) is 5.65. The molecule has 9 nitrogen and oxygen atoms in total. The first-order chi connectivity index (χ1) is 15.1. The van der Waals surface area contributed by atoms with Gasteiger partial charge in [0.25, 0.3) is 0 Å². The minimum Gasteiger partial charge on any atom is -0.497 e. The van der Waals surface area contributed by atoms with Crippen LogP contribution in [0.15, 0.2) is 61.1 Å². The molecule has 0 fully saturated rings. The zero-order valence-electron chi connectivity index (χ0n) is 17.1. The first-order valence-corrected chi connectivity index (χ1v) is 9.52. The molecule has 0 saturated carbocycles. The van der Waals surface area contributed by atoms with Crippen LogP contribution in [-0.4, -0.2) is 44.9 Å². The van der Waals surface area contributed by atoms with Crippen molar-refractivity contribution < 1.29 is 19.4 Å². The highest BCUT2D eigenvalue weighted by Gasteiger charge is 2.19. The molecule has 31 heavy (non-hydrogen) atoms. The van der Waals surface area contributed by atoms with Crippen molar-refractivity contribution in [1.82, 2.24) is 19.6 Å². The van der Waals surface area contributed by atoms with Crippen LogP contribution in [0.1, 0.15) is 21.6 Å². The van der Waals surface area contributed by atoms with Gasteiger partial charge >= 0.3 is 5.97 Å². The van der Waals surface area contributed by atoms with Gasteiger partial charge in [0, 0.05) is 13.1 Å². The van der Waals surface area contributed by atoms with Crippen molar-refractivity contribution in [3.8, 4) is 11.5 Å². The number of ether oxygens (including phenoxy) is 2. The lowest BCUT2D eigenvalue weighted by Crippen LogP contribution is -2.24. The number of imidazole rings is 1. The number of anilines is 1. The SMILES string of the molecule is COc1ccc(CN(Cc2ccc(OC)cc2)c2ncnn3c(C(=O)O)cnc23)cc1. The number of nitrogens with zero attached hydrogens (tertiary/aromatic N) is 5. The lowest BCUT2D eigenvalue weighted by Gasteiger charge is -2.24. The van der Waals surface area contributed by atoms with E-state index in [0.29, 0.717) is 24.6 Å². The Morgan fingerprint density at radius 3 is 1.97 bits per heavy atom. The van der Waals surface area contributed by atoms with E-state index < -0.39 is 5.97 Å². The minimum atomic E-state index is -1.10. The molecule has 0 bridgehead atoms. The summed E-state index contributed by atoms with van der Waals surface area (Å²) in [7, 11) is 3.25. The molecular weight excluding hydrogens is 398 g/mol. The van der Waals surface area contributed by atoms with Crippen LogP contribution in [0.5, 0.6) is 11.5 Å². The summed E-state index contributed by atoms with van der Waals surface area (Å²) in [5.74, 6) is 0.978. The normalized spacial score (nSPS) is 10.8. The fraction of sp³-hybridized carbons (Fsp3) is 0.182. The maximum atomic E-state index is 11.5. The highest BCUT2D eigenvalue weighted by molar-refractivity contribution is 5.87. The molecule has 1 N–H and O–H groups in total. The van der Waals surface area contributed by atoms with Gasteiger partial charge in [-0.1, -0.05) is 24.3 Å². The molecule has 0 atom stereocenters. The number of methoxy groups -OCH3 is 2. The summed E-state index contributed by atoms with van der Waals surface area (Å²) in [5, 5.41) is 13.5. The summed E-state index contributed by atoms with van der Waals surface area (Å²) >= 11 is 0. The molecule has 4 rings (SSSR count). The van der Waals surface area contributed by atoms with Gasteiger partial charge in [0.1, 0.15) is 17.8 Å². The Bertz CT molecular complexity index is 1140. The Labute approximate surface area is 178 Å². The van der Waals surface area contributed by atoms with E-state index in [1.165, 1.54) is 17.0 Å². The third-order valence-electron chi connectivity index (χ3n) is 4.87. The van der Waals surface area contributed by atoms with E-state index in [2.05, 4.69) is 15.1 Å². The predicted octanol–water partition coefficient (Wildman–Crippen LogP) is 3.05. The van der Waals surface area contributed by atoms with E-state index >= 15 is 0 Å². The average molecular weight is 419 g/mol. The van der Waals surface area contributed by atoms with Crippen LogP contribution in [0.3, 0.4) is 0 Å². The van der Waals surface area contributed by atoms with Crippen molar-refractivity contribution in [2.45, 2.75) is 13.1 Å². The number of carboxylic acids is 1. The van der Waals surface area contributed by atoms with Crippen molar-refractivity contribution in [3.05, 3.63) is 77.9 Å². The van der Waals surface area contributed by atoms with Crippen LogP contribution in [0.2, 0.25) is 0 Å². The van der Waals surface area contributed by atoms with Gasteiger partial charge in [-0.2, -0.15) is 5.10 Å². The standard InChI is InChI=1S/C22H21N5O4/c1-30-17-7-3-15(4-8-17)12-26(13-16-5-9-18(31-2)10-6-16)20-21-23-11-19(22(28)29)27(21)25-14-24-20/h3-11,14H,12-13H2,1-2H3,(H,28,29). The largest absolute Gasteiger partial charge is 0.497 e. The van der Waals surface area contributed by atoms with Crippen LogP contribution >= 0.6 is 0 Å². The fourth-order valence-corrected chi connectivity index (χ4v) is 3.28. The Morgan fingerprint density at radius 2 is 1.48 bits per heavy atom. The zero-order chi connectivity index (χ0) is 21.8. The summed E-state index contributed by atoms with van der Waals surface area (Å²) in [6.45, 7) is 1.05. The van der Waals surface area contributed by atoms with Gasteiger partial charge in [-0.15, -0.1) is 0 Å². The number of aromatic nitrogens is 4. The topological polar surface area (TPSA) is 102 Å². The van der Waals surface area contributed by atoms with Crippen LogP contribution in [0.4, 0.5) is 5.82 Å². The predicted molar refractivity (Wildman–Crippen MR) is 114 cm³/mol. The first kappa shape index (κ1) is 20.1. The van der Waals surface area contributed by atoms with Gasteiger partial charge in [-0.25, -0.2) is 19.3 Å². The van der Waals surface area contributed by atoms with E-state index in [1.54, 1.807) is 14.2 Å². The molecule has 9 heteroatoms. The quantitative estimate of drug-likeness (QED) is 0.465. The highest BCUT2D eigenvalue weighted by Crippen LogP contribution is 2.24. The number of hydrogen-bond donors (Lipinski definition) is 1. The third kappa shape index (κ3) is 4.25. The fourth-order valence-electron chi connectivity index (χ4n) is 3.28. The summed E-state index contributed by atoms with van der Waals surface area (Å²) in [4.78, 5) is 22.2. The number of hydrogen-bond acceptors (Lipinski definition) is 7. The summed E-state index contributed by atoms with van der Waals surface area (Å²) in [5.41, 5.74) is 2.43. The second kappa shape index (κ2) is 8.70. The monoisotopic (exact) mass is 419 g/mol. The van der Waals surface area contributed by atoms with Crippen LogP contribution in [0.25, 0.3) is 5.65 Å².